The highest BCUT2D eigenvalue weighted by Crippen LogP contribution is 1.87. The van der Waals surface area contributed by atoms with Gasteiger partial charge in [0, 0.05) is 7.05 Å². The summed E-state index contributed by atoms with van der Waals surface area (Å²) in [6.07, 6.45) is 0. The second-order valence-electron chi connectivity index (χ2n) is 2.82. The minimum absolute atomic E-state index is 0.433. The van der Waals surface area contributed by atoms with Crippen LogP contribution in [0.4, 0.5) is 4.79 Å². The van der Waals surface area contributed by atoms with E-state index in [0.29, 0.717) is 0 Å². The molecule has 0 aromatic rings. The highest BCUT2D eigenvalue weighted by Gasteiger charge is 2.16. The van der Waals surface area contributed by atoms with E-state index in [1.807, 2.05) is 0 Å². The van der Waals surface area contributed by atoms with Crippen molar-refractivity contribution in [1.82, 2.24) is 10.2 Å². The van der Waals surface area contributed by atoms with Gasteiger partial charge in [0.25, 0.3) is 0 Å². The number of carboxylic acids is 1. The molecular formula is C7H13N3O4. The lowest BCUT2D eigenvalue weighted by molar-refractivity contribution is -0.137. The van der Waals surface area contributed by atoms with Gasteiger partial charge in [-0.1, -0.05) is 0 Å². The number of hydrogen-bond donors (Lipinski definition) is 3. The maximum atomic E-state index is 11.1. The van der Waals surface area contributed by atoms with Crippen molar-refractivity contribution in [2.24, 2.45) is 5.73 Å². The molecule has 0 aliphatic carbocycles. The zero-order chi connectivity index (χ0) is 11.3. The minimum atomic E-state index is -1.13. The normalized spacial score (nSPS) is 11.6. The molecule has 0 spiro atoms. The number of amides is 3. The molecule has 0 radical (unpaired) electrons. The predicted octanol–water partition coefficient (Wildman–Crippen LogP) is -1.41. The molecule has 0 aromatic heterocycles. The number of urea groups is 1. The summed E-state index contributed by atoms with van der Waals surface area (Å²) in [6, 6.07) is -1.47. The maximum absolute atomic E-state index is 11.1. The van der Waals surface area contributed by atoms with Crippen LogP contribution >= 0.6 is 0 Å². The number of nitrogens with one attached hydrogen (secondary N) is 1. The number of nitrogens with zero attached hydrogens (tertiary/aromatic N) is 1. The Hall–Kier alpha value is -1.79. The van der Waals surface area contributed by atoms with Gasteiger partial charge in [-0.25, -0.2) is 4.79 Å². The highest BCUT2D eigenvalue weighted by molar-refractivity contribution is 5.86. The molecule has 0 rings (SSSR count). The average Bonchev–Trinajstić information content (AvgIpc) is 2.02. The van der Waals surface area contributed by atoms with E-state index in [1.54, 1.807) is 0 Å². The van der Waals surface area contributed by atoms with Crippen molar-refractivity contribution in [2.75, 3.05) is 13.6 Å². The van der Waals surface area contributed by atoms with Gasteiger partial charge in [0.15, 0.2) is 0 Å². The van der Waals surface area contributed by atoms with E-state index < -0.39 is 30.5 Å². The Balaban J connectivity index is 4.07. The Morgan fingerprint density at radius 3 is 2.36 bits per heavy atom. The predicted molar refractivity (Wildman–Crippen MR) is 47.5 cm³/mol. The van der Waals surface area contributed by atoms with E-state index in [1.165, 1.54) is 14.0 Å². The minimum Gasteiger partial charge on any atom is -0.480 e. The summed E-state index contributed by atoms with van der Waals surface area (Å²) >= 11 is 0. The maximum Gasteiger partial charge on any atom is 0.323 e. The lowest BCUT2D eigenvalue weighted by Gasteiger charge is -2.17. The molecule has 0 saturated heterocycles. The molecule has 0 bridgehead atoms. The molecule has 80 valence electrons. The zero-order valence-corrected chi connectivity index (χ0v) is 7.98. The second-order valence-corrected chi connectivity index (χ2v) is 2.82. The number of rotatable bonds is 4. The largest absolute Gasteiger partial charge is 0.480 e. The first-order chi connectivity index (χ1) is 6.34. The van der Waals surface area contributed by atoms with E-state index in [4.69, 9.17) is 10.8 Å². The Morgan fingerprint density at radius 1 is 1.50 bits per heavy atom. The third-order valence-electron chi connectivity index (χ3n) is 1.49. The first-order valence-corrected chi connectivity index (χ1v) is 3.87. The van der Waals surface area contributed by atoms with Crippen molar-refractivity contribution in [2.45, 2.75) is 13.0 Å². The highest BCUT2D eigenvalue weighted by atomic mass is 16.4. The lowest BCUT2D eigenvalue weighted by Crippen LogP contribution is -2.48. The van der Waals surface area contributed by atoms with Crippen molar-refractivity contribution >= 4 is 17.9 Å². The molecule has 1 atom stereocenters. The SMILES string of the molecule is CC(NC(=O)N(C)CC(=O)O)C(N)=O. The van der Waals surface area contributed by atoms with Crippen molar-refractivity contribution in [3.8, 4) is 0 Å². The number of carbonyl (C=O) groups excluding carboxylic acids is 2. The number of carboxylic acid groups (broad SMARTS) is 1. The van der Waals surface area contributed by atoms with Crippen LogP contribution in [0.25, 0.3) is 0 Å². The second kappa shape index (κ2) is 5.05. The molecule has 7 nitrogen and oxygen atoms in total. The van der Waals surface area contributed by atoms with Gasteiger partial charge < -0.3 is 21.1 Å². The van der Waals surface area contributed by atoms with Gasteiger partial charge >= 0.3 is 12.0 Å². The van der Waals surface area contributed by atoms with E-state index in [2.05, 4.69) is 5.32 Å². The van der Waals surface area contributed by atoms with Gasteiger partial charge in [-0.2, -0.15) is 0 Å². The molecule has 4 N–H and O–H groups in total. The molecule has 0 heterocycles. The number of carbonyl (C=O) groups is 3. The molecular weight excluding hydrogens is 190 g/mol. The van der Waals surface area contributed by atoms with Gasteiger partial charge in [-0.05, 0) is 6.92 Å². The van der Waals surface area contributed by atoms with Gasteiger partial charge in [0.1, 0.15) is 12.6 Å². The summed E-state index contributed by atoms with van der Waals surface area (Å²) in [6.45, 7) is 0.978. The van der Waals surface area contributed by atoms with E-state index in [9.17, 15) is 14.4 Å². The third kappa shape index (κ3) is 4.29. The first-order valence-electron chi connectivity index (χ1n) is 3.87. The van der Waals surface area contributed by atoms with Gasteiger partial charge in [-0.3, -0.25) is 9.59 Å². The van der Waals surface area contributed by atoms with Crippen LogP contribution in [0.3, 0.4) is 0 Å². The zero-order valence-electron chi connectivity index (χ0n) is 7.98. The first kappa shape index (κ1) is 12.2. The van der Waals surface area contributed by atoms with Crippen LogP contribution in [0, 0.1) is 0 Å². The van der Waals surface area contributed by atoms with Crippen molar-refractivity contribution in [3.05, 3.63) is 0 Å². The fraction of sp³-hybridized carbons (Fsp3) is 0.571. The van der Waals surface area contributed by atoms with Crippen LogP contribution in [0.15, 0.2) is 0 Å². The molecule has 7 heteroatoms. The summed E-state index contributed by atoms with van der Waals surface area (Å²) < 4.78 is 0. The van der Waals surface area contributed by atoms with Crippen molar-refractivity contribution < 1.29 is 19.5 Å². The molecule has 14 heavy (non-hydrogen) atoms. The number of likely N-dealkylation sites (N-methyl/N-ethyl adjacent to an activating group) is 1. The Bertz CT molecular complexity index is 253. The number of hydrogen-bond acceptors (Lipinski definition) is 3. The van der Waals surface area contributed by atoms with Crippen molar-refractivity contribution in [1.29, 1.82) is 0 Å². The third-order valence-corrected chi connectivity index (χ3v) is 1.49. The van der Waals surface area contributed by atoms with Gasteiger partial charge in [-0.15, -0.1) is 0 Å². The Kier molecular flexibility index (Phi) is 4.41. The Morgan fingerprint density at radius 2 is 2.00 bits per heavy atom. The fourth-order valence-corrected chi connectivity index (χ4v) is 0.641. The van der Waals surface area contributed by atoms with Crippen LogP contribution < -0.4 is 11.1 Å². The van der Waals surface area contributed by atoms with Crippen LogP contribution in [-0.4, -0.2) is 47.5 Å². The molecule has 0 aromatic carbocycles. The summed E-state index contributed by atoms with van der Waals surface area (Å²) in [5.74, 6) is -1.81. The molecule has 0 aliphatic heterocycles. The molecule has 0 aliphatic rings. The molecule has 1 unspecified atom stereocenters. The topological polar surface area (TPSA) is 113 Å². The van der Waals surface area contributed by atoms with Crippen LogP contribution in [0.5, 0.6) is 0 Å². The molecule has 0 saturated carbocycles. The average molecular weight is 203 g/mol. The number of primary amides is 1. The summed E-state index contributed by atoms with van der Waals surface area (Å²) in [5.41, 5.74) is 4.90. The summed E-state index contributed by atoms with van der Waals surface area (Å²) in [7, 11) is 1.30. The standard InChI is InChI=1S/C7H13N3O4/c1-4(6(8)13)9-7(14)10(2)3-5(11)12/h4H,3H2,1-2H3,(H2,8,13)(H,9,14)(H,11,12). The van der Waals surface area contributed by atoms with Crippen LogP contribution in [0.2, 0.25) is 0 Å². The number of aliphatic carboxylic acids is 1. The van der Waals surface area contributed by atoms with E-state index >= 15 is 0 Å². The summed E-state index contributed by atoms with van der Waals surface area (Å²) in [5, 5.41) is 10.6. The van der Waals surface area contributed by atoms with Crippen molar-refractivity contribution in [3.63, 3.8) is 0 Å². The van der Waals surface area contributed by atoms with Gasteiger partial charge in [0.2, 0.25) is 5.91 Å². The smallest absolute Gasteiger partial charge is 0.323 e. The van der Waals surface area contributed by atoms with E-state index in [-0.39, 0.29) is 0 Å². The summed E-state index contributed by atoms with van der Waals surface area (Å²) in [4.78, 5) is 32.8. The lowest BCUT2D eigenvalue weighted by atomic mass is 10.3. The fourth-order valence-electron chi connectivity index (χ4n) is 0.641. The number of nitrogens with two attached hydrogens (primary N) is 1. The molecule has 3 amide bonds. The Labute approximate surface area is 80.9 Å². The molecule has 0 fully saturated rings. The van der Waals surface area contributed by atoms with E-state index in [0.717, 1.165) is 4.90 Å². The van der Waals surface area contributed by atoms with Crippen LogP contribution in [-0.2, 0) is 9.59 Å². The van der Waals surface area contributed by atoms with Gasteiger partial charge in [0.05, 0.1) is 0 Å². The van der Waals surface area contributed by atoms with Crippen LogP contribution in [0.1, 0.15) is 6.92 Å². The quantitative estimate of drug-likeness (QED) is 0.520. The monoisotopic (exact) mass is 203 g/mol.